The number of nitriles is 1. The van der Waals surface area contributed by atoms with Crippen LogP contribution in [0.5, 0.6) is 5.75 Å². The normalized spacial score (nSPS) is 18.4. The van der Waals surface area contributed by atoms with Gasteiger partial charge in [-0.05, 0) is 31.5 Å². The number of carbonyl (C=O) groups excluding carboxylic acids is 1. The lowest BCUT2D eigenvalue weighted by Crippen LogP contribution is -2.37. The standard InChI is InChI=1S/C14H17N3O2/c1-19-13-7-10(8-15)4-5-12(13)17-14(18)11-3-2-6-16-9-11/h4-5,7,11,16H,2-3,6,9H2,1H3,(H,17,18)/t11-/m0/s1. The van der Waals surface area contributed by atoms with E-state index in [-0.39, 0.29) is 11.8 Å². The maximum Gasteiger partial charge on any atom is 0.228 e. The van der Waals surface area contributed by atoms with Gasteiger partial charge in [-0.25, -0.2) is 0 Å². The number of benzene rings is 1. The third-order valence-electron chi connectivity index (χ3n) is 3.26. The van der Waals surface area contributed by atoms with E-state index in [9.17, 15) is 4.79 Å². The molecule has 5 nitrogen and oxygen atoms in total. The second-order valence-electron chi connectivity index (χ2n) is 4.56. The maximum absolute atomic E-state index is 12.1. The van der Waals surface area contributed by atoms with Crippen molar-refractivity contribution in [3.8, 4) is 11.8 Å². The number of nitrogens with one attached hydrogen (secondary N) is 2. The molecule has 1 atom stereocenters. The highest BCUT2D eigenvalue weighted by Crippen LogP contribution is 2.26. The fourth-order valence-corrected chi connectivity index (χ4v) is 2.17. The predicted molar refractivity (Wildman–Crippen MR) is 71.9 cm³/mol. The molecule has 1 saturated heterocycles. The number of nitrogens with zero attached hydrogens (tertiary/aromatic N) is 1. The van der Waals surface area contributed by atoms with Crippen molar-refractivity contribution in [3.63, 3.8) is 0 Å². The minimum Gasteiger partial charge on any atom is -0.495 e. The average molecular weight is 259 g/mol. The first-order valence-electron chi connectivity index (χ1n) is 6.34. The summed E-state index contributed by atoms with van der Waals surface area (Å²) in [4.78, 5) is 12.1. The molecular weight excluding hydrogens is 242 g/mol. The van der Waals surface area contributed by atoms with Gasteiger partial charge in [0.1, 0.15) is 5.75 Å². The van der Waals surface area contributed by atoms with Crippen LogP contribution < -0.4 is 15.4 Å². The molecule has 1 aromatic rings. The Morgan fingerprint density at radius 2 is 2.42 bits per heavy atom. The summed E-state index contributed by atoms with van der Waals surface area (Å²) in [6.45, 7) is 1.69. The van der Waals surface area contributed by atoms with Crippen LogP contribution in [0.15, 0.2) is 18.2 Å². The zero-order chi connectivity index (χ0) is 13.7. The van der Waals surface area contributed by atoms with Crippen molar-refractivity contribution in [1.82, 2.24) is 5.32 Å². The number of rotatable bonds is 3. The molecule has 5 heteroatoms. The number of amides is 1. The van der Waals surface area contributed by atoms with Crippen LogP contribution in [0.4, 0.5) is 5.69 Å². The third kappa shape index (κ3) is 3.24. The Morgan fingerprint density at radius 3 is 3.05 bits per heavy atom. The maximum atomic E-state index is 12.1. The van der Waals surface area contributed by atoms with E-state index in [4.69, 9.17) is 10.00 Å². The van der Waals surface area contributed by atoms with E-state index < -0.39 is 0 Å². The van der Waals surface area contributed by atoms with E-state index in [1.165, 1.54) is 7.11 Å². The third-order valence-corrected chi connectivity index (χ3v) is 3.26. The van der Waals surface area contributed by atoms with Crippen molar-refractivity contribution in [3.05, 3.63) is 23.8 Å². The molecular formula is C14H17N3O2. The summed E-state index contributed by atoms with van der Waals surface area (Å²) in [5, 5.41) is 14.9. The number of piperidine rings is 1. The molecule has 0 radical (unpaired) electrons. The Labute approximate surface area is 112 Å². The predicted octanol–water partition coefficient (Wildman–Crippen LogP) is 1.50. The highest BCUT2D eigenvalue weighted by Gasteiger charge is 2.21. The minimum atomic E-state index is -0.00546. The fourth-order valence-electron chi connectivity index (χ4n) is 2.17. The monoisotopic (exact) mass is 259 g/mol. The Bertz CT molecular complexity index is 502. The van der Waals surface area contributed by atoms with Crippen LogP contribution in [0.1, 0.15) is 18.4 Å². The summed E-state index contributed by atoms with van der Waals surface area (Å²) in [5.41, 5.74) is 1.12. The first kappa shape index (κ1) is 13.4. The number of methoxy groups -OCH3 is 1. The van der Waals surface area contributed by atoms with Gasteiger partial charge in [0.15, 0.2) is 0 Å². The number of ether oxygens (including phenoxy) is 1. The Balaban J connectivity index is 2.09. The van der Waals surface area contributed by atoms with E-state index in [1.807, 2.05) is 6.07 Å². The summed E-state index contributed by atoms with van der Waals surface area (Å²) in [6, 6.07) is 7.03. The van der Waals surface area contributed by atoms with Gasteiger partial charge in [-0.3, -0.25) is 4.79 Å². The van der Waals surface area contributed by atoms with Crippen LogP contribution in [0.2, 0.25) is 0 Å². The number of carbonyl (C=O) groups is 1. The van der Waals surface area contributed by atoms with E-state index >= 15 is 0 Å². The van der Waals surface area contributed by atoms with Crippen LogP contribution in [0, 0.1) is 17.2 Å². The largest absolute Gasteiger partial charge is 0.495 e. The smallest absolute Gasteiger partial charge is 0.228 e. The molecule has 1 aliphatic rings. The molecule has 1 aliphatic heterocycles. The zero-order valence-corrected chi connectivity index (χ0v) is 10.9. The number of anilines is 1. The summed E-state index contributed by atoms with van der Waals surface area (Å²) in [5.74, 6) is 0.500. The van der Waals surface area contributed by atoms with Gasteiger partial charge in [-0.2, -0.15) is 5.26 Å². The molecule has 0 saturated carbocycles. The quantitative estimate of drug-likeness (QED) is 0.862. The minimum absolute atomic E-state index is 0.00444. The number of hydrogen-bond donors (Lipinski definition) is 2. The molecule has 0 unspecified atom stereocenters. The van der Waals surface area contributed by atoms with E-state index in [1.54, 1.807) is 18.2 Å². The van der Waals surface area contributed by atoms with Crippen molar-refractivity contribution < 1.29 is 9.53 Å². The van der Waals surface area contributed by atoms with Crippen LogP contribution in [0.25, 0.3) is 0 Å². The van der Waals surface area contributed by atoms with Crippen molar-refractivity contribution in [2.75, 3.05) is 25.5 Å². The summed E-state index contributed by atoms with van der Waals surface area (Å²) < 4.78 is 5.19. The first-order valence-corrected chi connectivity index (χ1v) is 6.34. The summed E-state index contributed by atoms with van der Waals surface area (Å²) in [7, 11) is 1.52. The van der Waals surface area contributed by atoms with Crippen LogP contribution in [-0.2, 0) is 4.79 Å². The molecule has 1 heterocycles. The second kappa shape index (κ2) is 6.21. The molecule has 0 aromatic heterocycles. The lowest BCUT2D eigenvalue weighted by atomic mass is 9.98. The molecule has 2 rings (SSSR count). The summed E-state index contributed by atoms with van der Waals surface area (Å²) in [6.07, 6.45) is 1.92. The van der Waals surface area contributed by atoms with Gasteiger partial charge in [-0.15, -0.1) is 0 Å². The summed E-state index contributed by atoms with van der Waals surface area (Å²) >= 11 is 0. The van der Waals surface area contributed by atoms with Gasteiger partial charge in [0.25, 0.3) is 0 Å². The van der Waals surface area contributed by atoms with Gasteiger partial charge >= 0.3 is 0 Å². The van der Waals surface area contributed by atoms with Crippen LogP contribution >= 0.6 is 0 Å². The van der Waals surface area contributed by atoms with Crippen molar-refractivity contribution in [2.24, 2.45) is 5.92 Å². The van der Waals surface area contributed by atoms with E-state index in [2.05, 4.69) is 10.6 Å². The molecule has 0 aliphatic carbocycles. The van der Waals surface area contributed by atoms with Crippen LogP contribution in [0.3, 0.4) is 0 Å². The van der Waals surface area contributed by atoms with Gasteiger partial charge in [0, 0.05) is 12.6 Å². The zero-order valence-electron chi connectivity index (χ0n) is 10.9. The molecule has 1 fully saturated rings. The van der Waals surface area contributed by atoms with Crippen molar-refractivity contribution in [1.29, 1.82) is 5.26 Å². The van der Waals surface area contributed by atoms with Crippen molar-refractivity contribution in [2.45, 2.75) is 12.8 Å². The topological polar surface area (TPSA) is 74.1 Å². The van der Waals surface area contributed by atoms with E-state index in [0.717, 1.165) is 19.4 Å². The van der Waals surface area contributed by atoms with Crippen molar-refractivity contribution >= 4 is 11.6 Å². The lowest BCUT2D eigenvalue weighted by Gasteiger charge is -2.22. The average Bonchev–Trinajstić information content (AvgIpc) is 2.48. The molecule has 1 amide bonds. The molecule has 2 N–H and O–H groups in total. The molecule has 100 valence electrons. The molecule has 19 heavy (non-hydrogen) atoms. The number of hydrogen-bond acceptors (Lipinski definition) is 4. The SMILES string of the molecule is COc1cc(C#N)ccc1NC(=O)[C@H]1CCCNC1. The van der Waals surface area contributed by atoms with Gasteiger partial charge in [0.2, 0.25) is 5.91 Å². The lowest BCUT2D eigenvalue weighted by molar-refractivity contribution is -0.120. The molecule has 1 aromatic carbocycles. The highest BCUT2D eigenvalue weighted by atomic mass is 16.5. The Hall–Kier alpha value is -2.06. The fraction of sp³-hybridized carbons (Fsp3) is 0.429. The van der Waals surface area contributed by atoms with Gasteiger partial charge in [0.05, 0.1) is 30.3 Å². The second-order valence-corrected chi connectivity index (χ2v) is 4.56. The van der Waals surface area contributed by atoms with Crippen LogP contribution in [-0.4, -0.2) is 26.1 Å². The molecule has 0 bridgehead atoms. The molecule has 0 spiro atoms. The highest BCUT2D eigenvalue weighted by molar-refractivity contribution is 5.94. The van der Waals surface area contributed by atoms with Gasteiger partial charge in [-0.1, -0.05) is 0 Å². The van der Waals surface area contributed by atoms with E-state index in [0.29, 0.717) is 23.5 Å². The Kier molecular flexibility index (Phi) is 4.37. The van der Waals surface area contributed by atoms with Gasteiger partial charge < -0.3 is 15.4 Å². The Morgan fingerprint density at radius 1 is 1.58 bits per heavy atom. The first-order chi connectivity index (χ1) is 9.24.